The number of carboxylic acid groups (broad SMARTS) is 1. The fourth-order valence-corrected chi connectivity index (χ4v) is 2.97. The number of H-pyrrole nitrogens is 1. The molecule has 3 rings (SSSR count). The van der Waals surface area contributed by atoms with Gasteiger partial charge in [-0.05, 0) is 30.0 Å². The van der Waals surface area contributed by atoms with E-state index in [4.69, 9.17) is 21.5 Å². The highest BCUT2D eigenvalue weighted by Crippen LogP contribution is 2.20. The summed E-state index contributed by atoms with van der Waals surface area (Å²) in [7, 11) is 0. The molecule has 3 heterocycles. The average Bonchev–Trinajstić information content (AvgIpc) is 3.27. The first-order chi connectivity index (χ1) is 13.2. The number of nitrogens with zero attached hydrogens (tertiary/aromatic N) is 2. The van der Waals surface area contributed by atoms with Crippen molar-refractivity contribution >= 4 is 28.9 Å². The number of halogens is 4. The maximum atomic E-state index is 10.6. The minimum absolute atomic E-state index is 0.533. The number of thiophene rings is 1. The van der Waals surface area contributed by atoms with Gasteiger partial charge in [0, 0.05) is 41.5 Å². The summed E-state index contributed by atoms with van der Waals surface area (Å²) in [6.45, 7) is 3.40. The third-order valence-electron chi connectivity index (χ3n) is 3.54. The van der Waals surface area contributed by atoms with Crippen LogP contribution in [0.4, 0.5) is 13.2 Å². The summed E-state index contributed by atoms with van der Waals surface area (Å²) in [5.41, 5.74) is 5.33. The van der Waals surface area contributed by atoms with Gasteiger partial charge >= 0.3 is 12.1 Å². The summed E-state index contributed by atoms with van der Waals surface area (Å²) < 4.78 is 31.7. The van der Waals surface area contributed by atoms with Gasteiger partial charge in [-0.2, -0.15) is 29.6 Å². The van der Waals surface area contributed by atoms with Crippen LogP contribution in [0.2, 0.25) is 5.15 Å². The second kappa shape index (κ2) is 9.67. The van der Waals surface area contributed by atoms with Gasteiger partial charge in [-0.1, -0.05) is 17.7 Å². The molecule has 3 aromatic heterocycles. The molecule has 0 saturated carbocycles. The molecule has 0 fully saturated rings. The van der Waals surface area contributed by atoms with Crippen molar-refractivity contribution < 1.29 is 23.1 Å². The summed E-state index contributed by atoms with van der Waals surface area (Å²) in [5.74, 6) is -2.76. The highest BCUT2D eigenvalue weighted by Gasteiger charge is 2.38. The minimum Gasteiger partial charge on any atom is -0.475 e. The van der Waals surface area contributed by atoms with Crippen molar-refractivity contribution in [2.45, 2.75) is 26.2 Å². The fourth-order valence-electron chi connectivity index (χ4n) is 2.07. The molecule has 28 heavy (non-hydrogen) atoms. The molecule has 0 spiro atoms. The van der Waals surface area contributed by atoms with Crippen LogP contribution in [0, 0.1) is 6.92 Å². The summed E-state index contributed by atoms with van der Waals surface area (Å²) in [6.07, 6.45) is -3.18. The van der Waals surface area contributed by atoms with E-state index in [2.05, 4.69) is 49.5 Å². The van der Waals surface area contributed by atoms with E-state index in [1.165, 1.54) is 5.56 Å². The van der Waals surface area contributed by atoms with Gasteiger partial charge in [0.15, 0.2) is 5.15 Å². The van der Waals surface area contributed by atoms with Crippen LogP contribution in [-0.2, 0) is 17.9 Å². The zero-order valence-corrected chi connectivity index (χ0v) is 16.1. The molecule has 3 aromatic rings. The molecule has 0 aromatic carbocycles. The second-order valence-electron chi connectivity index (χ2n) is 5.59. The Kier molecular flexibility index (Phi) is 7.55. The van der Waals surface area contributed by atoms with E-state index in [0.717, 1.165) is 29.1 Å². The van der Waals surface area contributed by atoms with E-state index in [0.29, 0.717) is 11.7 Å². The molecule has 0 unspecified atom stereocenters. The first kappa shape index (κ1) is 21.9. The molecule has 3 N–H and O–H groups in total. The molecule has 0 aliphatic rings. The quantitative estimate of drug-likeness (QED) is 0.555. The number of rotatable bonds is 5. The molecule has 0 bridgehead atoms. The lowest BCUT2D eigenvalue weighted by Crippen LogP contribution is -2.21. The van der Waals surface area contributed by atoms with Gasteiger partial charge < -0.3 is 10.4 Å². The highest BCUT2D eigenvalue weighted by molar-refractivity contribution is 7.08. The zero-order valence-electron chi connectivity index (χ0n) is 14.5. The Labute approximate surface area is 167 Å². The highest BCUT2D eigenvalue weighted by atomic mass is 35.5. The van der Waals surface area contributed by atoms with Crippen molar-refractivity contribution in [1.82, 2.24) is 20.5 Å². The molecule has 0 aliphatic carbocycles. The molecule has 0 amide bonds. The first-order valence-corrected chi connectivity index (χ1v) is 9.18. The standard InChI is InChI=1S/C15H15ClN4S.C2HF3O2/c1-10-13(15(16)20-19-10)8-17-6-11-2-3-14(18-7-11)12-4-5-21-9-12;3-2(4,5)1(6)7/h2-5,7,9,17H,6,8H2,1H3,(H,19,20);(H,6,7). The van der Waals surface area contributed by atoms with Crippen LogP contribution in [0.1, 0.15) is 16.8 Å². The molecule has 0 radical (unpaired) electrons. The predicted octanol–water partition coefficient (Wildman–Crippen LogP) is 4.42. The van der Waals surface area contributed by atoms with Gasteiger partial charge in [0.1, 0.15) is 0 Å². The molecular formula is C17H16ClF3N4O2S. The molecule has 11 heteroatoms. The largest absolute Gasteiger partial charge is 0.490 e. The maximum Gasteiger partial charge on any atom is 0.490 e. The predicted molar refractivity (Wildman–Crippen MR) is 100 cm³/mol. The van der Waals surface area contributed by atoms with Crippen molar-refractivity contribution in [3.8, 4) is 11.3 Å². The number of hydrogen-bond acceptors (Lipinski definition) is 5. The number of hydrogen-bond donors (Lipinski definition) is 3. The average molecular weight is 433 g/mol. The van der Waals surface area contributed by atoms with Crippen LogP contribution in [0.3, 0.4) is 0 Å². The lowest BCUT2D eigenvalue weighted by molar-refractivity contribution is -0.192. The summed E-state index contributed by atoms with van der Waals surface area (Å²) in [5, 5.41) is 22.0. The Hall–Kier alpha value is -2.43. The summed E-state index contributed by atoms with van der Waals surface area (Å²) >= 11 is 7.69. The van der Waals surface area contributed by atoms with Crippen LogP contribution in [-0.4, -0.2) is 32.4 Å². The normalized spacial score (nSPS) is 11.0. The van der Waals surface area contributed by atoms with E-state index < -0.39 is 12.1 Å². The lowest BCUT2D eigenvalue weighted by atomic mass is 10.2. The smallest absolute Gasteiger partial charge is 0.475 e. The Morgan fingerprint density at radius 1 is 1.32 bits per heavy atom. The minimum atomic E-state index is -5.08. The molecule has 0 aliphatic heterocycles. The molecule has 150 valence electrons. The number of aryl methyl sites for hydroxylation is 1. The van der Waals surface area contributed by atoms with Crippen LogP contribution in [0.25, 0.3) is 11.3 Å². The van der Waals surface area contributed by atoms with E-state index >= 15 is 0 Å². The van der Waals surface area contributed by atoms with Crippen LogP contribution >= 0.6 is 22.9 Å². The van der Waals surface area contributed by atoms with Crippen LogP contribution in [0.15, 0.2) is 35.2 Å². The number of carbonyl (C=O) groups is 1. The third kappa shape index (κ3) is 6.32. The van der Waals surface area contributed by atoms with E-state index in [1.807, 2.05) is 13.1 Å². The van der Waals surface area contributed by atoms with Gasteiger partial charge in [0.2, 0.25) is 0 Å². The number of aromatic amines is 1. The van der Waals surface area contributed by atoms with Crippen LogP contribution < -0.4 is 5.32 Å². The Balaban J connectivity index is 0.000000345. The van der Waals surface area contributed by atoms with Crippen LogP contribution in [0.5, 0.6) is 0 Å². The molecule has 6 nitrogen and oxygen atoms in total. The summed E-state index contributed by atoms with van der Waals surface area (Å²) in [4.78, 5) is 13.4. The zero-order chi connectivity index (χ0) is 20.7. The number of aliphatic carboxylic acids is 1. The van der Waals surface area contributed by atoms with Gasteiger partial charge in [-0.15, -0.1) is 0 Å². The van der Waals surface area contributed by atoms with Crippen molar-refractivity contribution in [1.29, 1.82) is 0 Å². The number of pyridine rings is 1. The number of nitrogens with one attached hydrogen (secondary N) is 2. The Morgan fingerprint density at radius 3 is 2.50 bits per heavy atom. The second-order valence-corrected chi connectivity index (χ2v) is 6.73. The van der Waals surface area contributed by atoms with Gasteiger partial charge in [-0.3, -0.25) is 10.1 Å². The first-order valence-electron chi connectivity index (χ1n) is 7.86. The lowest BCUT2D eigenvalue weighted by Gasteiger charge is -2.05. The summed E-state index contributed by atoms with van der Waals surface area (Å²) in [6, 6.07) is 6.22. The third-order valence-corrected chi connectivity index (χ3v) is 4.53. The topological polar surface area (TPSA) is 90.9 Å². The van der Waals surface area contributed by atoms with Gasteiger partial charge in [0.25, 0.3) is 0 Å². The SMILES string of the molecule is Cc1[nH]nc(Cl)c1CNCc1ccc(-c2ccsc2)nc1.O=C(O)C(F)(F)F. The Bertz CT molecular complexity index is 877. The molecule has 0 saturated heterocycles. The van der Waals surface area contributed by atoms with Gasteiger partial charge in [0.05, 0.1) is 5.69 Å². The van der Waals surface area contributed by atoms with E-state index in [-0.39, 0.29) is 0 Å². The Morgan fingerprint density at radius 2 is 2.04 bits per heavy atom. The fraction of sp³-hybridized carbons (Fsp3) is 0.235. The van der Waals surface area contributed by atoms with Crippen molar-refractivity contribution in [3.63, 3.8) is 0 Å². The van der Waals surface area contributed by atoms with E-state index in [1.54, 1.807) is 11.3 Å². The number of aromatic nitrogens is 3. The van der Waals surface area contributed by atoms with Crippen molar-refractivity contribution in [2.75, 3.05) is 0 Å². The maximum absolute atomic E-state index is 10.6. The van der Waals surface area contributed by atoms with E-state index in [9.17, 15) is 13.2 Å². The molecular weight excluding hydrogens is 417 g/mol. The monoisotopic (exact) mass is 432 g/mol. The van der Waals surface area contributed by atoms with Crippen molar-refractivity contribution in [3.05, 3.63) is 57.1 Å². The molecule has 0 atom stereocenters. The number of carboxylic acids is 1. The van der Waals surface area contributed by atoms with Gasteiger partial charge in [-0.25, -0.2) is 4.79 Å². The number of alkyl halides is 3. The van der Waals surface area contributed by atoms with Crippen molar-refractivity contribution in [2.24, 2.45) is 0 Å².